The van der Waals surface area contributed by atoms with Gasteiger partial charge in [-0.3, -0.25) is 0 Å². The minimum absolute atomic E-state index is 0.363. The first-order valence-corrected chi connectivity index (χ1v) is 7.99. The van der Waals surface area contributed by atoms with E-state index in [1.165, 1.54) is 0 Å². The number of hydrogen-bond acceptors (Lipinski definition) is 6. The number of unbranched alkanes of at least 4 members (excludes halogenated alkanes) is 2. The first kappa shape index (κ1) is 17.1. The second kappa shape index (κ2) is 11.3. The molecule has 124 valence electrons. The van der Waals surface area contributed by atoms with Crippen LogP contribution in [0.1, 0.15) is 25.7 Å². The van der Waals surface area contributed by atoms with Gasteiger partial charge in [0.15, 0.2) is 0 Å². The van der Waals surface area contributed by atoms with Crippen molar-refractivity contribution in [2.75, 3.05) is 59.6 Å². The van der Waals surface area contributed by atoms with Gasteiger partial charge < -0.3 is 28.4 Å². The number of epoxide rings is 2. The fourth-order valence-electron chi connectivity index (χ4n) is 1.75. The summed E-state index contributed by atoms with van der Waals surface area (Å²) in [4.78, 5) is 0. The molecule has 0 N–H and O–H groups in total. The molecule has 2 aliphatic heterocycles. The molecule has 0 aromatic rings. The third kappa shape index (κ3) is 11.0. The van der Waals surface area contributed by atoms with Gasteiger partial charge in [0, 0.05) is 26.4 Å². The van der Waals surface area contributed by atoms with Crippen LogP contribution in [0.25, 0.3) is 0 Å². The van der Waals surface area contributed by atoms with E-state index in [1.807, 2.05) is 0 Å². The van der Waals surface area contributed by atoms with Crippen LogP contribution in [0, 0.1) is 0 Å². The molecule has 2 aliphatic rings. The highest BCUT2D eigenvalue weighted by Gasteiger charge is 2.22. The Kier molecular flexibility index (Phi) is 9.25. The molecule has 21 heavy (non-hydrogen) atoms. The Morgan fingerprint density at radius 2 is 1.00 bits per heavy atom. The van der Waals surface area contributed by atoms with Crippen molar-refractivity contribution in [2.45, 2.75) is 37.9 Å². The normalized spacial score (nSPS) is 23.4. The van der Waals surface area contributed by atoms with Crippen LogP contribution in [0.15, 0.2) is 0 Å². The van der Waals surface area contributed by atoms with Crippen molar-refractivity contribution < 1.29 is 28.4 Å². The molecule has 2 saturated heterocycles. The Morgan fingerprint density at radius 1 is 0.619 bits per heavy atom. The van der Waals surface area contributed by atoms with Gasteiger partial charge in [-0.1, -0.05) is 0 Å². The molecule has 6 heteroatoms. The first-order valence-electron chi connectivity index (χ1n) is 7.99. The highest BCUT2D eigenvalue weighted by atomic mass is 16.7. The lowest BCUT2D eigenvalue weighted by Crippen LogP contribution is -2.07. The highest BCUT2D eigenvalue weighted by Crippen LogP contribution is 2.09. The van der Waals surface area contributed by atoms with Gasteiger partial charge in [-0.2, -0.15) is 0 Å². The molecule has 2 heterocycles. The number of ether oxygens (including phenoxy) is 6. The second-order valence-corrected chi connectivity index (χ2v) is 5.41. The summed E-state index contributed by atoms with van der Waals surface area (Å²) in [6.45, 7) is 6.62. The van der Waals surface area contributed by atoms with E-state index in [0.29, 0.717) is 19.0 Å². The van der Waals surface area contributed by atoms with Crippen LogP contribution in [0.3, 0.4) is 0 Å². The van der Waals surface area contributed by atoms with Crippen molar-refractivity contribution >= 4 is 0 Å². The zero-order chi connectivity index (χ0) is 14.6. The molecule has 2 fully saturated rings. The van der Waals surface area contributed by atoms with Crippen LogP contribution in [0.4, 0.5) is 0 Å². The van der Waals surface area contributed by atoms with Crippen molar-refractivity contribution in [1.82, 2.24) is 0 Å². The molecule has 2 atom stereocenters. The van der Waals surface area contributed by atoms with Crippen molar-refractivity contribution in [3.05, 3.63) is 0 Å². The van der Waals surface area contributed by atoms with E-state index < -0.39 is 0 Å². The fourth-order valence-corrected chi connectivity index (χ4v) is 1.75. The van der Waals surface area contributed by atoms with Gasteiger partial charge in [0.1, 0.15) is 19.0 Å². The fraction of sp³-hybridized carbons (Fsp3) is 1.00. The number of hydrogen-bond donors (Lipinski definition) is 0. The van der Waals surface area contributed by atoms with E-state index >= 15 is 0 Å². The Morgan fingerprint density at radius 3 is 1.38 bits per heavy atom. The zero-order valence-corrected chi connectivity index (χ0v) is 12.8. The van der Waals surface area contributed by atoms with Crippen molar-refractivity contribution in [1.29, 1.82) is 0 Å². The maximum atomic E-state index is 5.44. The van der Waals surface area contributed by atoms with Gasteiger partial charge in [0.2, 0.25) is 0 Å². The molecular formula is C15H28O6. The van der Waals surface area contributed by atoms with Crippen molar-refractivity contribution in [3.63, 3.8) is 0 Å². The largest absolute Gasteiger partial charge is 0.379 e. The Labute approximate surface area is 127 Å². The summed E-state index contributed by atoms with van der Waals surface area (Å²) in [7, 11) is 0. The predicted octanol–water partition coefficient (Wildman–Crippen LogP) is 1.37. The molecule has 2 unspecified atom stereocenters. The monoisotopic (exact) mass is 304 g/mol. The molecule has 0 amide bonds. The van der Waals surface area contributed by atoms with Gasteiger partial charge in [-0.05, 0) is 25.7 Å². The Hall–Kier alpha value is -0.240. The van der Waals surface area contributed by atoms with Crippen LogP contribution >= 0.6 is 0 Å². The lowest BCUT2D eigenvalue weighted by atomic mass is 10.3. The Balaban J connectivity index is 1.16. The van der Waals surface area contributed by atoms with Gasteiger partial charge >= 0.3 is 0 Å². The topological polar surface area (TPSA) is 62.0 Å². The summed E-state index contributed by atoms with van der Waals surface area (Å²) >= 11 is 0. The van der Waals surface area contributed by atoms with Gasteiger partial charge in [-0.15, -0.1) is 0 Å². The standard InChI is InChI=1S/C15H28O6/c1(5-16-9-14-11-20-14)3-7-18-13-19-8-4-2-6-17-10-15-12-21-15/h14-15H,1-13H2. The molecule has 0 saturated carbocycles. The molecule has 0 bridgehead atoms. The summed E-state index contributed by atoms with van der Waals surface area (Å²) in [5.74, 6) is 0. The maximum absolute atomic E-state index is 5.44. The summed E-state index contributed by atoms with van der Waals surface area (Å²) in [5.41, 5.74) is 0. The third-order valence-electron chi connectivity index (χ3n) is 3.23. The van der Waals surface area contributed by atoms with E-state index in [1.54, 1.807) is 0 Å². The SMILES string of the molecule is C(CCOCC1CO1)COCOCCCCOCC1CO1. The zero-order valence-electron chi connectivity index (χ0n) is 12.8. The van der Waals surface area contributed by atoms with Crippen molar-refractivity contribution in [2.24, 2.45) is 0 Å². The molecular weight excluding hydrogens is 276 g/mol. The van der Waals surface area contributed by atoms with Gasteiger partial charge in [0.25, 0.3) is 0 Å². The maximum Gasteiger partial charge on any atom is 0.146 e. The van der Waals surface area contributed by atoms with E-state index in [9.17, 15) is 0 Å². The minimum Gasteiger partial charge on any atom is -0.379 e. The van der Waals surface area contributed by atoms with Gasteiger partial charge in [-0.25, -0.2) is 0 Å². The predicted molar refractivity (Wildman–Crippen MR) is 76.4 cm³/mol. The molecule has 2 rings (SSSR count). The van der Waals surface area contributed by atoms with Crippen molar-refractivity contribution in [3.8, 4) is 0 Å². The summed E-state index contributed by atoms with van der Waals surface area (Å²) < 4.78 is 31.8. The average Bonchev–Trinajstić information content (AvgIpc) is 3.37. The van der Waals surface area contributed by atoms with E-state index in [0.717, 1.165) is 78.5 Å². The Bertz CT molecular complexity index is 218. The molecule has 0 aliphatic carbocycles. The summed E-state index contributed by atoms with van der Waals surface area (Å²) in [6.07, 6.45) is 4.78. The lowest BCUT2D eigenvalue weighted by Gasteiger charge is -2.06. The summed E-state index contributed by atoms with van der Waals surface area (Å²) in [6, 6.07) is 0. The highest BCUT2D eigenvalue weighted by molar-refractivity contribution is 4.67. The minimum atomic E-state index is 0.363. The van der Waals surface area contributed by atoms with Crippen LogP contribution < -0.4 is 0 Å². The molecule has 0 spiro atoms. The smallest absolute Gasteiger partial charge is 0.146 e. The molecule has 6 nitrogen and oxygen atoms in total. The second-order valence-electron chi connectivity index (χ2n) is 5.41. The van der Waals surface area contributed by atoms with E-state index in [-0.39, 0.29) is 0 Å². The average molecular weight is 304 g/mol. The molecule has 0 radical (unpaired) electrons. The number of rotatable bonds is 16. The molecule has 0 aromatic heterocycles. The van der Waals surface area contributed by atoms with Crippen LogP contribution in [-0.4, -0.2) is 71.9 Å². The lowest BCUT2D eigenvalue weighted by molar-refractivity contribution is -0.0574. The van der Waals surface area contributed by atoms with Crippen LogP contribution in [0.5, 0.6) is 0 Å². The first-order chi connectivity index (χ1) is 10.4. The van der Waals surface area contributed by atoms with Crippen LogP contribution in [0.2, 0.25) is 0 Å². The third-order valence-corrected chi connectivity index (χ3v) is 3.23. The summed E-state index contributed by atoms with van der Waals surface area (Å²) in [5, 5.41) is 0. The quantitative estimate of drug-likeness (QED) is 0.244. The van der Waals surface area contributed by atoms with Crippen LogP contribution in [-0.2, 0) is 28.4 Å². The van der Waals surface area contributed by atoms with E-state index in [4.69, 9.17) is 28.4 Å². The van der Waals surface area contributed by atoms with E-state index in [2.05, 4.69) is 0 Å². The van der Waals surface area contributed by atoms with Gasteiger partial charge in [0.05, 0.1) is 26.4 Å². The molecule has 0 aromatic carbocycles.